The quantitative estimate of drug-likeness (QED) is 0.726. The van der Waals surface area contributed by atoms with Gasteiger partial charge in [0, 0.05) is 12.4 Å². The lowest BCUT2D eigenvalue weighted by Crippen LogP contribution is -1.92. The van der Waals surface area contributed by atoms with Crippen LogP contribution in [-0.2, 0) is 0 Å². The van der Waals surface area contributed by atoms with Crippen LogP contribution in [0.2, 0.25) is 0 Å². The second-order valence-electron chi connectivity index (χ2n) is 2.50. The molecule has 0 amide bonds. The molecule has 66 valence electrons. The minimum atomic E-state index is -0.395. The Morgan fingerprint density at radius 3 is 2.75 bits per heavy atom. The smallest absolute Gasteiger partial charge is 0.125 e. The maximum Gasteiger partial charge on any atom is 0.125 e. The third-order valence-corrected chi connectivity index (χ3v) is 2.70. The number of hydrogen-bond donors (Lipinski definition) is 1. The predicted molar refractivity (Wildman–Crippen MR) is 51.9 cm³/mol. The highest BCUT2D eigenvalue weighted by Gasteiger charge is 2.05. The van der Waals surface area contributed by atoms with Gasteiger partial charge in [0.15, 0.2) is 0 Å². The third-order valence-electron chi connectivity index (χ3n) is 1.47. The Morgan fingerprint density at radius 1 is 1.50 bits per heavy atom. The highest BCUT2D eigenvalue weighted by molar-refractivity contribution is 7.99. The number of rotatable bonds is 4. The zero-order chi connectivity index (χ0) is 8.81. The van der Waals surface area contributed by atoms with Crippen LogP contribution < -0.4 is 0 Å². The normalized spacial score (nSPS) is 12.8. The maximum absolute atomic E-state index is 9.59. The second kappa shape index (κ2) is 5.17. The molecular weight excluding hydrogens is 170 g/mol. The van der Waals surface area contributed by atoms with Gasteiger partial charge in [-0.2, -0.15) is 0 Å². The van der Waals surface area contributed by atoms with E-state index in [1.165, 1.54) is 0 Å². The summed E-state index contributed by atoms with van der Waals surface area (Å²) in [5.74, 6) is 0.990. The molecule has 0 aliphatic rings. The van der Waals surface area contributed by atoms with Gasteiger partial charge in [0.25, 0.3) is 0 Å². The Bertz CT molecular complexity index is 215. The molecule has 0 aliphatic carbocycles. The van der Waals surface area contributed by atoms with Gasteiger partial charge in [0.1, 0.15) is 5.44 Å². The summed E-state index contributed by atoms with van der Waals surface area (Å²) in [5, 5.41) is 9.59. The molecule has 1 heterocycles. The maximum atomic E-state index is 9.59. The van der Waals surface area contributed by atoms with E-state index in [0.717, 1.165) is 17.7 Å². The Hall–Kier alpha value is -0.540. The van der Waals surface area contributed by atoms with Crippen LogP contribution in [0.3, 0.4) is 0 Å². The van der Waals surface area contributed by atoms with Crippen molar-refractivity contribution in [1.29, 1.82) is 0 Å². The fourth-order valence-corrected chi connectivity index (χ4v) is 1.66. The molecule has 12 heavy (non-hydrogen) atoms. The van der Waals surface area contributed by atoms with Crippen molar-refractivity contribution in [2.45, 2.75) is 18.8 Å². The van der Waals surface area contributed by atoms with Crippen molar-refractivity contribution < 1.29 is 5.11 Å². The summed E-state index contributed by atoms with van der Waals surface area (Å²) in [6.07, 6.45) is 4.49. The van der Waals surface area contributed by atoms with Crippen LogP contribution in [0.25, 0.3) is 0 Å². The molecule has 1 rings (SSSR count). The van der Waals surface area contributed by atoms with Crippen LogP contribution in [0.4, 0.5) is 0 Å². The van der Waals surface area contributed by atoms with Crippen LogP contribution >= 0.6 is 11.8 Å². The third kappa shape index (κ3) is 2.83. The number of hydrogen-bond acceptors (Lipinski definition) is 3. The van der Waals surface area contributed by atoms with Crippen molar-refractivity contribution in [3.05, 3.63) is 30.1 Å². The van der Waals surface area contributed by atoms with Crippen LogP contribution in [0.1, 0.15) is 24.3 Å². The van der Waals surface area contributed by atoms with Gasteiger partial charge in [-0.1, -0.05) is 6.92 Å². The zero-order valence-electron chi connectivity index (χ0n) is 7.10. The summed E-state index contributed by atoms with van der Waals surface area (Å²) in [6.45, 7) is 2.10. The summed E-state index contributed by atoms with van der Waals surface area (Å²) in [4.78, 5) is 3.89. The van der Waals surface area contributed by atoms with Crippen LogP contribution in [-0.4, -0.2) is 15.8 Å². The Kier molecular flexibility index (Phi) is 4.11. The Balaban J connectivity index is 2.48. The Labute approximate surface area is 77.0 Å². The summed E-state index contributed by atoms with van der Waals surface area (Å²) in [7, 11) is 0. The van der Waals surface area contributed by atoms with Gasteiger partial charge in [-0.25, -0.2) is 0 Å². The molecule has 1 atom stereocenters. The molecule has 0 saturated heterocycles. The van der Waals surface area contributed by atoms with Crippen molar-refractivity contribution in [2.24, 2.45) is 0 Å². The molecule has 1 aromatic heterocycles. The average Bonchev–Trinajstić information content (AvgIpc) is 2.15. The Morgan fingerprint density at radius 2 is 2.17 bits per heavy atom. The van der Waals surface area contributed by atoms with Gasteiger partial charge in [0.2, 0.25) is 0 Å². The lowest BCUT2D eigenvalue weighted by Gasteiger charge is -2.08. The van der Waals surface area contributed by atoms with Gasteiger partial charge in [-0.3, -0.25) is 4.98 Å². The topological polar surface area (TPSA) is 33.1 Å². The number of thioether (sulfide) groups is 1. The summed E-state index contributed by atoms with van der Waals surface area (Å²) in [6, 6.07) is 3.68. The number of aromatic nitrogens is 1. The number of pyridine rings is 1. The average molecular weight is 183 g/mol. The van der Waals surface area contributed by atoms with Gasteiger partial charge in [-0.15, -0.1) is 11.8 Å². The summed E-state index contributed by atoms with van der Waals surface area (Å²) >= 11 is 1.56. The van der Waals surface area contributed by atoms with Crippen molar-refractivity contribution in [3.63, 3.8) is 0 Å². The molecule has 0 saturated carbocycles. The van der Waals surface area contributed by atoms with Gasteiger partial charge < -0.3 is 5.11 Å². The lowest BCUT2D eigenvalue weighted by molar-refractivity contribution is 0.270. The molecule has 0 radical (unpaired) electrons. The first-order valence-electron chi connectivity index (χ1n) is 4.04. The molecule has 0 bridgehead atoms. The molecule has 0 fully saturated rings. The standard InChI is InChI=1S/C9H13NOS/c1-2-7-12-9(11)8-3-5-10-6-4-8/h3-6,9,11H,2,7H2,1H3. The number of aliphatic hydroxyl groups excluding tert-OH is 1. The van der Waals surface area contributed by atoms with Crippen molar-refractivity contribution in [1.82, 2.24) is 4.98 Å². The molecule has 3 heteroatoms. The molecule has 1 N–H and O–H groups in total. The largest absolute Gasteiger partial charge is 0.378 e. The van der Waals surface area contributed by atoms with E-state index in [1.807, 2.05) is 12.1 Å². The van der Waals surface area contributed by atoms with E-state index < -0.39 is 5.44 Å². The minimum Gasteiger partial charge on any atom is -0.378 e. The zero-order valence-corrected chi connectivity index (χ0v) is 7.92. The van der Waals surface area contributed by atoms with E-state index in [9.17, 15) is 5.11 Å². The van der Waals surface area contributed by atoms with Crippen molar-refractivity contribution in [2.75, 3.05) is 5.75 Å². The van der Waals surface area contributed by atoms with E-state index in [2.05, 4.69) is 11.9 Å². The highest BCUT2D eigenvalue weighted by Crippen LogP contribution is 2.25. The monoisotopic (exact) mass is 183 g/mol. The van der Waals surface area contributed by atoms with E-state index in [0.29, 0.717) is 0 Å². The summed E-state index contributed by atoms with van der Waals surface area (Å²) < 4.78 is 0. The first-order valence-corrected chi connectivity index (χ1v) is 5.09. The SMILES string of the molecule is CCCSC(O)c1ccncc1. The predicted octanol–water partition coefficient (Wildman–Crippen LogP) is 2.22. The van der Waals surface area contributed by atoms with Crippen LogP contribution in [0, 0.1) is 0 Å². The first kappa shape index (κ1) is 9.55. The molecule has 0 spiro atoms. The first-order chi connectivity index (χ1) is 5.84. The number of nitrogens with zero attached hydrogens (tertiary/aromatic N) is 1. The lowest BCUT2D eigenvalue weighted by atomic mass is 10.3. The van der Waals surface area contributed by atoms with Gasteiger partial charge in [-0.05, 0) is 29.9 Å². The van der Waals surface area contributed by atoms with Crippen molar-refractivity contribution in [3.8, 4) is 0 Å². The van der Waals surface area contributed by atoms with Crippen LogP contribution in [0.15, 0.2) is 24.5 Å². The second-order valence-corrected chi connectivity index (χ2v) is 3.69. The van der Waals surface area contributed by atoms with Crippen LogP contribution in [0.5, 0.6) is 0 Å². The summed E-state index contributed by atoms with van der Waals surface area (Å²) in [5.41, 5.74) is 0.538. The highest BCUT2D eigenvalue weighted by atomic mass is 32.2. The van der Waals surface area contributed by atoms with Gasteiger partial charge in [0.05, 0.1) is 0 Å². The molecule has 0 aliphatic heterocycles. The molecule has 1 unspecified atom stereocenters. The molecule has 1 aromatic rings. The van der Waals surface area contributed by atoms with E-state index in [1.54, 1.807) is 24.2 Å². The number of aliphatic hydroxyl groups is 1. The molecule has 0 aromatic carbocycles. The fourth-order valence-electron chi connectivity index (χ4n) is 0.854. The van der Waals surface area contributed by atoms with Crippen molar-refractivity contribution >= 4 is 11.8 Å². The van der Waals surface area contributed by atoms with E-state index >= 15 is 0 Å². The molecule has 2 nitrogen and oxygen atoms in total. The minimum absolute atomic E-state index is 0.395. The van der Waals surface area contributed by atoms with E-state index in [4.69, 9.17) is 0 Å². The molecular formula is C9H13NOS. The van der Waals surface area contributed by atoms with Gasteiger partial charge >= 0.3 is 0 Å². The van der Waals surface area contributed by atoms with E-state index in [-0.39, 0.29) is 0 Å². The fraction of sp³-hybridized carbons (Fsp3) is 0.444.